The maximum absolute atomic E-state index is 14.7. The van der Waals surface area contributed by atoms with Gasteiger partial charge >= 0.3 is 11.4 Å². The number of hydrogen-bond acceptors (Lipinski definition) is 5. The lowest BCUT2D eigenvalue weighted by Crippen LogP contribution is -2.79. The molecule has 8 heteroatoms. The van der Waals surface area contributed by atoms with Crippen molar-refractivity contribution in [2.24, 2.45) is 40.4 Å². The minimum Gasteiger partial charge on any atom is -0.393 e. The van der Waals surface area contributed by atoms with Gasteiger partial charge in [0.1, 0.15) is 0 Å². The first-order chi connectivity index (χ1) is 20.6. The summed E-state index contributed by atoms with van der Waals surface area (Å²) in [7, 11) is 0. The molecule has 2 spiro atoms. The van der Waals surface area contributed by atoms with Crippen molar-refractivity contribution in [3.8, 4) is 5.69 Å². The Morgan fingerprint density at radius 3 is 2.30 bits per heavy atom. The number of aliphatic hydroxyl groups is 3. The van der Waals surface area contributed by atoms with Crippen molar-refractivity contribution >= 4 is 0 Å². The number of fused-ring (bicyclic) bond motifs is 1. The fourth-order valence-corrected chi connectivity index (χ4v) is 11.5. The normalized spacial score (nSPS) is 41.9. The highest BCUT2D eigenvalue weighted by atomic mass is 16.3. The Bertz CT molecular complexity index is 1600. The van der Waals surface area contributed by atoms with E-state index in [0.29, 0.717) is 23.9 Å². The molecule has 1 aromatic heterocycles. The Hall–Kier alpha value is -2.42. The van der Waals surface area contributed by atoms with Crippen LogP contribution < -0.4 is 11.4 Å². The number of aromatic nitrogens is 3. The molecule has 2 bridgehead atoms. The molecule has 8 nitrogen and oxygen atoms in total. The van der Waals surface area contributed by atoms with Crippen LogP contribution in [0.5, 0.6) is 0 Å². The van der Waals surface area contributed by atoms with E-state index in [4.69, 9.17) is 0 Å². The Morgan fingerprint density at radius 1 is 0.932 bits per heavy atom. The molecule has 1 aromatic carbocycles. The standard InChI is InChI=1S/C36H51N3O5/c1-22(12-13-23(2)32(3,4)44)26-14-15-27-33(26,5)17-16-28-34(6)29(41)20-25(40)21-35(34)18-19-36(27,28)39-31(43)37(30(42)38(35)39)24-10-8-7-9-11-24/h7-11,18-19,22-23,25-29,40-41,44H,12-17,20-21H2,1-6H3/t22-,23+,25+,26-,27-,28-,29+,33-,34+,35-,36+/m1/s1. The number of hydrogen-bond donors (Lipinski definition) is 3. The number of benzene rings is 1. The van der Waals surface area contributed by atoms with Crippen molar-refractivity contribution in [2.45, 2.75) is 122 Å². The Balaban J connectivity index is 1.40. The molecular weight excluding hydrogens is 554 g/mol. The minimum absolute atomic E-state index is 0.0476. The Kier molecular flexibility index (Phi) is 6.57. The van der Waals surface area contributed by atoms with E-state index in [9.17, 15) is 24.9 Å². The summed E-state index contributed by atoms with van der Waals surface area (Å²) in [5.41, 5.74) is -3.42. The molecule has 3 fully saturated rings. The summed E-state index contributed by atoms with van der Waals surface area (Å²) in [6, 6.07) is 9.15. The zero-order valence-electron chi connectivity index (χ0n) is 27.2. The molecule has 0 unspecified atom stereocenters. The third kappa shape index (κ3) is 3.56. The summed E-state index contributed by atoms with van der Waals surface area (Å²) >= 11 is 0. The number of nitrogens with zero attached hydrogens (tertiary/aromatic N) is 3. The highest BCUT2D eigenvalue weighted by molar-refractivity contribution is 5.38. The highest BCUT2D eigenvalue weighted by Crippen LogP contribution is 2.74. The van der Waals surface area contributed by atoms with Crippen molar-refractivity contribution in [1.29, 1.82) is 0 Å². The van der Waals surface area contributed by atoms with Crippen LogP contribution in [0.1, 0.15) is 92.9 Å². The quantitative estimate of drug-likeness (QED) is 0.419. The largest absolute Gasteiger partial charge is 0.393 e. The van der Waals surface area contributed by atoms with E-state index >= 15 is 0 Å². The molecule has 0 saturated heterocycles. The van der Waals surface area contributed by atoms with E-state index in [0.717, 1.165) is 38.5 Å². The molecule has 240 valence electrons. The monoisotopic (exact) mass is 605 g/mol. The summed E-state index contributed by atoms with van der Waals surface area (Å²) < 4.78 is 4.80. The van der Waals surface area contributed by atoms with Gasteiger partial charge in [-0.15, -0.1) is 0 Å². The van der Waals surface area contributed by atoms with Gasteiger partial charge in [-0.3, -0.25) is 0 Å². The molecule has 0 radical (unpaired) electrons. The topological polar surface area (TPSA) is 110 Å². The lowest BCUT2D eigenvalue weighted by Gasteiger charge is -2.72. The van der Waals surface area contributed by atoms with Crippen molar-refractivity contribution in [2.75, 3.05) is 0 Å². The average Bonchev–Trinajstić information content (AvgIpc) is 3.47. The van der Waals surface area contributed by atoms with Crippen LogP contribution in [0.15, 0.2) is 52.1 Å². The predicted molar refractivity (Wildman–Crippen MR) is 170 cm³/mol. The van der Waals surface area contributed by atoms with Crippen LogP contribution in [0.3, 0.4) is 0 Å². The summed E-state index contributed by atoms with van der Waals surface area (Å²) in [6.45, 7) is 12.8. The van der Waals surface area contributed by atoms with E-state index in [2.05, 4.69) is 39.8 Å². The maximum atomic E-state index is 14.7. The van der Waals surface area contributed by atoms with E-state index in [1.807, 2.05) is 36.7 Å². The van der Waals surface area contributed by atoms with Crippen LogP contribution >= 0.6 is 0 Å². The highest BCUT2D eigenvalue weighted by Gasteiger charge is 2.76. The SMILES string of the molecule is C[C@H](CC[C@H](C)C(C)(C)O)[C@H]1CC[C@@H]2[C@]1(C)CC[C@H]1[C@]23C=C[C@]2(C[C@@H](O)C[C@H](O)[C@]12C)n1c(=O)n(-c2ccccc2)c(=O)n13. The molecule has 3 N–H and O–H groups in total. The number of allylic oxidation sites excluding steroid dienone is 2. The fraction of sp³-hybridized carbons (Fsp3) is 0.722. The van der Waals surface area contributed by atoms with Gasteiger partial charge in [-0.2, -0.15) is 0 Å². The van der Waals surface area contributed by atoms with Crippen LogP contribution in [0.4, 0.5) is 0 Å². The molecule has 44 heavy (non-hydrogen) atoms. The number of aliphatic hydroxyl groups excluding tert-OH is 2. The minimum atomic E-state index is -1.00. The first kappa shape index (κ1) is 30.2. The third-order valence-corrected chi connectivity index (χ3v) is 14.2. The number of para-hydroxylation sites is 1. The first-order valence-corrected chi connectivity index (χ1v) is 17.0. The van der Waals surface area contributed by atoms with E-state index in [1.54, 1.807) is 16.8 Å². The third-order valence-electron chi connectivity index (χ3n) is 14.2. The van der Waals surface area contributed by atoms with Gasteiger partial charge < -0.3 is 15.3 Å². The van der Waals surface area contributed by atoms with E-state index in [-0.39, 0.29) is 35.3 Å². The van der Waals surface area contributed by atoms with Gasteiger partial charge in [-0.25, -0.2) is 23.5 Å². The zero-order valence-corrected chi connectivity index (χ0v) is 27.2. The second kappa shape index (κ2) is 9.55. The van der Waals surface area contributed by atoms with Crippen LogP contribution in [-0.2, 0) is 11.1 Å². The smallest absolute Gasteiger partial charge is 0.352 e. The molecular formula is C36H51N3O5. The Labute approximate surface area is 260 Å². The van der Waals surface area contributed by atoms with Crippen molar-refractivity contribution < 1.29 is 15.3 Å². The van der Waals surface area contributed by atoms with Crippen molar-refractivity contribution in [3.63, 3.8) is 0 Å². The predicted octanol–water partition coefficient (Wildman–Crippen LogP) is 4.56. The van der Waals surface area contributed by atoms with Crippen LogP contribution in [0, 0.1) is 40.4 Å². The molecule has 6 aliphatic rings. The van der Waals surface area contributed by atoms with Gasteiger partial charge in [-0.1, -0.05) is 64.5 Å². The summed E-state index contributed by atoms with van der Waals surface area (Å²) in [4.78, 5) is 29.3. The summed E-state index contributed by atoms with van der Waals surface area (Å²) in [5, 5.41) is 33.5. The van der Waals surface area contributed by atoms with Crippen molar-refractivity contribution in [3.05, 3.63) is 63.5 Å². The molecule has 2 aromatic rings. The van der Waals surface area contributed by atoms with Crippen molar-refractivity contribution in [1.82, 2.24) is 13.9 Å². The zero-order chi connectivity index (χ0) is 31.6. The summed E-state index contributed by atoms with van der Waals surface area (Å²) in [5.74, 6) is 1.18. The second-order valence-corrected chi connectivity index (χ2v) is 16.3. The average molecular weight is 606 g/mol. The molecule has 4 aliphatic carbocycles. The fourth-order valence-electron chi connectivity index (χ4n) is 11.5. The van der Waals surface area contributed by atoms with E-state index < -0.39 is 40.0 Å². The molecule has 8 rings (SSSR count). The molecule has 2 aliphatic heterocycles. The van der Waals surface area contributed by atoms with Gasteiger partial charge in [0.15, 0.2) is 0 Å². The lowest BCUT2D eigenvalue weighted by molar-refractivity contribution is -0.238. The van der Waals surface area contributed by atoms with Gasteiger partial charge in [-0.05, 0) is 99.5 Å². The maximum Gasteiger partial charge on any atom is 0.352 e. The van der Waals surface area contributed by atoms with Gasteiger partial charge in [0.05, 0.1) is 34.6 Å². The van der Waals surface area contributed by atoms with Crippen LogP contribution in [0.2, 0.25) is 0 Å². The van der Waals surface area contributed by atoms with Gasteiger partial charge in [0.25, 0.3) is 0 Å². The van der Waals surface area contributed by atoms with Gasteiger partial charge in [0.2, 0.25) is 0 Å². The number of rotatable bonds is 6. The van der Waals surface area contributed by atoms with Crippen LogP contribution in [0.25, 0.3) is 5.69 Å². The van der Waals surface area contributed by atoms with E-state index in [1.165, 1.54) is 4.57 Å². The molecule has 3 saturated carbocycles. The van der Waals surface area contributed by atoms with Crippen LogP contribution in [-0.4, -0.2) is 47.1 Å². The first-order valence-electron chi connectivity index (χ1n) is 17.0. The Morgan fingerprint density at radius 2 is 1.61 bits per heavy atom. The molecule has 3 heterocycles. The second-order valence-electron chi connectivity index (χ2n) is 16.3. The summed E-state index contributed by atoms with van der Waals surface area (Å²) in [6.07, 6.45) is 9.21. The lowest BCUT2D eigenvalue weighted by atomic mass is 9.40. The molecule has 11 atom stereocenters. The van der Waals surface area contributed by atoms with Gasteiger partial charge in [0, 0.05) is 11.8 Å². The molecule has 0 amide bonds.